The Balaban J connectivity index is 1.83. The first-order valence-electron chi connectivity index (χ1n) is 7.58. The third kappa shape index (κ3) is 2.78. The van der Waals surface area contributed by atoms with Gasteiger partial charge in [0, 0.05) is 6.54 Å². The number of rotatable bonds is 4. The Kier molecular flexibility index (Phi) is 3.92. The number of carboxylic acid groups (broad SMARTS) is 1. The zero-order valence-corrected chi connectivity index (χ0v) is 12.3. The number of piperidine rings is 1. The number of aromatic carboxylic acids is 1. The normalized spacial score (nSPS) is 17.4. The van der Waals surface area contributed by atoms with Gasteiger partial charge in [-0.25, -0.2) is 9.78 Å². The third-order valence-electron chi connectivity index (χ3n) is 4.48. The van der Waals surface area contributed by atoms with Crippen LogP contribution < -0.4 is 0 Å². The van der Waals surface area contributed by atoms with Gasteiger partial charge in [-0.05, 0) is 50.5 Å². The minimum Gasteiger partial charge on any atom is -0.478 e. The van der Waals surface area contributed by atoms with Gasteiger partial charge in [-0.1, -0.05) is 13.0 Å². The highest BCUT2D eigenvalue weighted by Gasteiger charge is 2.20. The molecule has 0 unspecified atom stereocenters. The van der Waals surface area contributed by atoms with Gasteiger partial charge in [-0.3, -0.25) is 0 Å². The van der Waals surface area contributed by atoms with Crippen LogP contribution >= 0.6 is 0 Å². The summed E-state index contributed by atoms with van der Waals surface area (Å²) in [6.07, 6.45) is 4.12. The van der Waals surface area contributed by atoms with Crippen molar-refractivity contribution in [3.8, 4) is 0 Å². The average Bonchev–Trinajstić information content (AvgIpc) is 2.91. The summed E-state index contributed by atoms with van der Waals surface area (Å²) in [4.78, 5) is 18.2. The van der Waals surface area contributed by atoms with E-state index in [0.29, 0.717) is 11.5 Å². The Morgan fingerprint density at radius 3 is 2.81 bits per heavy atom. The number of likely N-dealkylation sites (tertiary alicyclic amines) is 1. The second kappa shape index (κ2) is 5.85. The zero-order valence-electron chi connectivity index (χ0n) is 12.3. The van der Waals surface area contributed by atoms with Crippen LogP contribution in [0.1, 0.15) is 30.1 Å². The quantitative estimate of drug-likeness (QED) is 0.938. The fraction of sp³-hybridized carbons (Fsp3) is 0.500. The van der Waals surface area contributed by atoms with Gasteiger partial charge >= 0.3 is 5.97 Å². The van der Waals surface area contributed by atoms with E-state index in [9.17, 15) is 9.90 Å². The molecule has 0 bridgehead atoms. The molecule has 1 aromatic heterocycles. The molecule has 1 aliphatic heterocycles. The summed E-state index contributed by atoms with van der Waals surface area (Å²) in [7, 11) is 0. The van der Waals surface area contributed by atoms with E-state index in [1.807, 2.05) is 10.6 Å². The van der Waals surface area contributed by atoms with Crippen molar-refractivity contribution < 1.29 is 9.90 Å². The van der Waals surface area contributed by atoms with E-state index in [4.69, 9.17) is 0 Å². The monoisotopic (exact) mass is 287 g/mol. The summed E-state index contributed by atoms with van der Waals surface area (Å²) < 4.78 is 2.02. The lowest BCUT2D eigenvalue weighted by atomic mass is 9.96. The molecule has 1 saturated heterocycles. The number of hydrogen-bond donors (Lipinski definition) is 1. The van der Waals surface area contributed by atoms with Gasteiger partial charge in [0.05, 0.1) is 22.9 Å². The maximum atomic E-state index is 11.4. The second-order valence-corrected chi connectivity index (χ2v) is 5.75. The van der Waals surface area contributed by atoms with Gasteiger partial charge in [0.25, 0.3) is 0 Å². The van der Waals surface area contributed by atoms with Crippen molar-refractivity contribution in [2.24, 2.45) is 5.92 Å². The second-order valence-electron chi connectivity index (χ2n) is 5.75. The van der Waals surface area contributed by atoms with Crippen molar-refractivity contribution in [3.05, 3.63) is 30.1 Å². The Bertz CT molecular complexity index is 642. The molecule has 0 saturated carbocycles. The van der Waals surface area contributed by atoms with Gasteiger partial charge in [-0.2, -0.15) is 0 Å². The largest absolute Gasteiger partial charge is 0.478 e. The van der Waals surface area contributed by atoms with Crippen molar-refractivity contribution in [1.82, 2.24) is 14.5 Å². The highest BCUT2D eigenvalue weighted by molar-refractivity contribution is 6.01. The molecule has 5 nitrogen and oxygen atoms in total. The third-order valence-corrected chi connectivity index (χ3v) is 4.48. The average molecular weight is 287 g/mol. The molecule has 3 rings (SSSR count). The Morgan fingerprint density at radius 1 is 1.38 bits per heavy atom. The van der Waals surface area contributed by atoms with Crippen molar-refractivity contribution in [1.29, 1.82) is 0 Å². The minimum absolute atomic E-state index is 0.344. The summed E-state index contributed by atoms with van der Waals surface area (Å²) in [6.45, 7) is 6.45. The number of carboxylic acids is 1. The van der Waals surface area contributed by atoms with E-state index in [2.05, 4.69) is 16.8 Å². The van der Waals surface area contributed by atoms with Crippen LogP contribution in [0.3, 0.4) is 0 Å². The molecule has 1 aliphatic rings. The van der Waals surface area contributed by atoms with Crippen molar-refractivity contribution in [3.63, 3.8) is 0 Å². The first-order valence-corrected chi connectivity index (χ1v) is 7.58. The first-order chi connectivity index (χ1) is 10.2. The van der Waals surface area contributed by atoms with E-state index < -0.39 is 5.97 Å². The number of hydrogen-bond acceptors (Lipinski definition) is 3. The smallest absolute Gasteiger partial charge is 0.337 e. The van der Waals surface area contributed by atoms with E-state index in [0.717, 1.165) is 37.2 Å². The van der Waals surface area contributed by atoms with Gasteiger partial charge in [0.2, 0.25) is 0 Å². The summed E-state index contributed by atoms with van der Waals surface area (Å²) in [5.41, 5.74) is 1.86. The highest BCUT2D eigenvalue weighted by Crippen LogP contribution is 2.23. The summed E-state index contributed by atoms with van der Waals surface area (Å²) >= 11 is 0. The minimum atomic E-state index is -0.886. The Morgan fingerprint density at radius 2 is 2.14 bits per heavy atom. The van der Waals surface area contributed by atoms with E-state index in [1.54, 1.807) is 18.5 Å². The molecule has 5 heteroatoms. The molecule has 0 aliphatic carbocycles. The van der Waals surface area contributed by atoms with Crippen LogP contribution in [0.4, 0.5) is 0 Å². The number of imidazole rings is 1. The van der Waals surface area contributed by atoms with E-state index in [-0.39, 0.29) is 0 Å². The van der Waals surface area contributed by atoms with Crippen LogP contribution in [-0.4, -0.2) is 45.2 Å². The molecule has 0 spiro atoms. The van der Waals surface area contributed by atoms with Crippen molar-refractivity contribution >= 4 is 17.0 Å². The number of fused-ring (bicyclic) bond motifs is 1. The number of benzene rings is 1. The summed E-state index contributed by atoms with van der Waals surface area (Å²) in [6, 6.07) is 5.28. The standard InChI is InChI=1S/C16H21N3O2/c1-2-18-8-6-12(7-9-18)10-19-11-17-14-5-3-4-13(15(14)19)16(20)21/h3-5,11-12H,2,6-10H2,1H3,(H,20,21). The van der Waals surface area contributed by atoms with Gasteiger partial charge < -0.3 is 14.6 Å². The lowest BCUT2D eigenvalue weighted by Crippen LogP contribution is -2.34. The lowest BCUT2D eigenvalue weighted by molar-refractivity contribution is 0.0698. The molecular weight excluding hydrogens is 266 g/mol. The number of nitrogens with zero attached hydrogens (tertiary/aromatic N) is 3. The van der Waals surface area contributed by atoms with Gasteiger partial charge in [-0.15, -0.1) is 0 Å². The molecule has 1 N–H and O–H groups in total. The molecule has 21 heavy (non-hydrogen) atoms. The predicted molar refractivity (Wildman–Crippen MR) is 81.5 cm³/mol. The van der Waals surface area contributed by atoms with Crippen molar-refractivity contribution in [2.45, 2.75) is 26.3 Å². The maximum absolute atomic E-state index is 11.4. The highest BCUT2D eigenvalue weighted by atomic mass is 16.4. The molecule has 2 heterocycles. The number of para-hydroxylation sites is 1. The Hall–Kier alpha value is -1.88. The SMILES string of the molecule is CCN1CCC(Cn2cnc3cccc(C(=O)O)c32)CC1. The fourth-order valence-corrected chi connectivity index (χ4v) is 3.20. The molecule has 0 radical (unpaired) electrons. The Labute approximate surface area is 124 Å². The van der Waals surface area contributed by atoms with Crippen LogP contribution in [0.5, 0.6) is 0 Å². The lowest BCUT2D eigenvalue weighted by Gasteiger charge is -2.31. The molecule has 1 aromatic carbocycles. The topological polar surface area (TPSA) is 58.4 Å². The van der Waals surface area contributed by atoms with Gasteiger partial charge in [0.1, 0.15) is 0 Å². The van der Waals surface area contributed by atoms with Crippen molar-refractivity contribution in [2.75, 3.05) is 19.6 Å². The van der Waals surface area contributed by atoms with Crippen LogP contribution in [0.2, 0.25) is 0 Å². The van der Waals surface area contributed by atoms with Crippen LogP contribution in [0, 0.1) is 5.92 Å². The van der Waals surface area contributed by atoms with Crippen LogP contribution in [-0.2, 0) is 6.54 Å². The van der Waals surface area contributed by atoms with Crippen LogP contribution in [0.15, 0.2) is 24.5 Å². The number of aromatic nitrogens is 2. The zero-order chi connectivity index (χ0) is 14.8. The van der Waals surface area contributed by atoms with E-state index in [1.165, 1.54) is 12.8 Å². The molecule has 0 amide bonds. The molecular formula is C16H21N3O2. The number of carbonyl (C=O) groups is 1. The first kappa shape index (κ1) is 14.1. The van der Waals surface area contributed by atoms with E-state index >= 15 is 0 Å². The molecule has 112 valence electrons. The molecule has 0 atom stereocenters. The molecule has 1 fully saturated rings. The fourth-order valence-electron chi connectivity index (χ4n) is 3.20. The summed E-state index contributed by atoms with van der Waals surface area (Å²) in [5.74, 6) is -0.282. The molecule has 2 aromatic rings. The maximum Gasteiger partial charge on any atom is 0.337 e. The van der Waals surface area contributed by atoms with Crippen LogP contribution in [0.25, 0.3) is 11.0 Å². The predicted octanol–water partition coefficient (Wildman–Crippen LogP) is 2.47. The summed E-state index contributed by atoms with van der Waals surface area (Å²) in [5, 5.41) is 9.35. The van der Waals surface area contributed by atoms with Gasteiger partial charge in [0.15, 0.2) is 0 Å².